The van der Waals surface area contributed by atoms with Gasteiger partial charge in [0.25, 0.3) is 0 Å². The Hall–Kier alpha value is -4.62. The molecular weight excluding hydrogens is 1210 g/mol. The highest BCUT2D eigenvalue weighted by molar-refractivity contribution is 7.89. The Balaban J connectivity index is 1.49. The number of ketones is 1. The summed E-state index contributed by atoms with van der Waals surface area (Å²) in [5.41, 5.74) is -2.81. The molecule has 5 N–H and O–H groups in total. The van der Waals surface area contributed by atoms with Gasteiger partial charge in [-0.1, -0.05) is 65.8 Å². The first-order valence-corrected chi connectivity index (χ1v) is 33.3. The van der Waals surface area contributed by atoms with E-state index in [1.807, 2.05) is 41.7 Å². The van der Waals surface area contributed by atoms with E-state index in [1.54, 1.807) is 80.5 Å². The first-order chi connectivity index (χ1) is 42.6. The molecule has 1 unspecified atom stereocenters. The van der Waals surface area contributed by atoms with Gasteiger partial charge in [-0.3, -0.25) is 14.4 Å². The molecule has 1 aromatic heterocycles. The van der Waals surface area contributed by atoms with E-state index in [4.69, 9.17) is 61.7 Å². The quantitative estimate of drug-likeness (QED) is 0.0523. The Kier molecular flexibility index (Phi) is 26.7. The molecule has 1 amide bonds. The summed E-state index contributed by atoms with van der Waals surface area (Å²) >= 11 is 0. The van der Waals surface area contributed by atoms with Crippen molar-refractivity contribution >= 4 is 50.5 Å². The Bertz CT molecular complexity index is 2880. The molecule has 22 atom stereocenters. The van der Waals surface area contributed by atoms with Crippen LogP contribution in [0.2, 0.25) is 0 Å². The summed E-state index contributed by atoms with van der Waals surface area (Å²) in [5, 5.41) is 30.2. The predicted molar refractivity (Wildman–Crippen MR) is 334 cm³/mol. The van der Waals surface area contributed by atoms with E-state index in [1.165, 1.54) is 41.6 Å². The van der Waals surface area contributed by atoms with E-state index in [9.17, 15) is 28.2 Å². The van der Waals surface area contributed by atoms with Crippen molar-refractivity contribution in [3.63, 3.8) is 0 Å². The molecule has 1 aromatic carbocycles. The number of carbonyl (C=O) groups is 4. The number of nitrogens with zero attached hydrogens (tertiary/aromatic N) is 2. The zero-order chi connectivity index (χ0) is 67.8. The molecule has 26 nitrogen and oxygen atoms in total. The van der Waals surface area contributed by atoms with Gasteiger partial charge >= 0.3 is 18.0 Å². The van der Waals surface area contributed by atoms with Crippen LogP contribution in [0.5, 0.6) is 5.75 Å². The lowest BCUT2D eigenvalue weighted by molar-refractivity contribution is -0.305. The number of aromatic amines is 1. The molecule has 4 aliphatic heterocycles. The molecule has 4 saturated heterocycles. The van der Waals surface area contributed by atoms with Crippen LogP contribution in [0.3, 0.4) is 0 Å². The van der Waals surface area contributed by atoms with Crippen LogP contribution in [0, 0.1) is 41.4 Å². The lowest BCUT2D eigenvalue weighted by Gasteiger charge is -2.45. The van der Waals surface area contributed by atoms with Gasteiger partial charge in [-0.25, -0.2) is 17.9 Å². The summed E-state index contributed by atoms with van der Waals surface area (Å²) in [7, 11) is 3.47. The monoisotopic (exact) mass is 1310 g/mol. The van der Waals surface area contributed by atoms with Gasteiger partial charge in [-0.05, 0) is 86.8 Å². The number of fused-ring (bicyclic) bond motifs is 1. The maximum Gasteiger partial charge on any atom is 0.408 e. The SMILES string of the molecule is CON=C1C[C@@H](C)O[C@@H](O[C@@H]2[C@@H](C)[C@H](O[C@H]3CC(C)N(C)C[C@H](C)O3)[C@@H](C)C(=O)O[C@H]([C@@H](C)CO[C@@H]3O[C@H](C)[C@@H](O)[C@@H](OC)[C@H]3OC)[C@H](C)[C@@H](OC(=O)CC(C)C)[C@@H](C)C(=O)[C@@](C)(OC(=O)NC(C)(C)CNS(=O)(=O)c3c[nH]c4c(OC)cccc34)C[C@@H]2C)[C@@H]1O. The molecule has 0 spiro atoms. The van der Waals surface area contributed by atoms with Crippen LogP contribution in [0.1, 0.15) is 130 Å². The first-order valence-electron chi connectivity index (χ1n) is 31.8. The number of aliphatic hydroxyl groups is 2. The standard InChI is InChI=1S/C64H105N5O21S/c1-32(2)24-47(70)86-54-39(9)53(34(4)30-82-61-57(80-19)56(79-18)50(71)42(12)85-61)88-59(74)41(11)55(87-48-25-35(5)69(16)29-37(7)83-48)38(8)52(89-60-51(72)44(68-81-20)26-36(6)84-60)33(3)27-64(15,58(73)40(54)10)90-62(75)67-63(13,14)31-66-91(76,77)46-28-65-49-43(46)22-21-23-45(49)78-17/h21-23,28,32-42,48,50-57,60-61,65-66,71-72H,24-27,29-31H2,1-20H3,(H,67,75)/t33-,34-,35?,36+,37-,38+,39-,40+,41+,42+,48-,50+,51+,52-,53+,54+,55-,56+,57+,60-,61+,64-/m0/s1. The summed E-state index contributed by atoms with van der Waals surface area (Å²) in [6.45, 7) is 26.1. The topological polar surface area (TPSA) is 318 Å². The highest BCUT2D eigenvalue weighted by Crippen LogP contribution is 2.41. The van der Waals surface area contributed by atoms with Gasteiger partial charge in [0.05, 0.1) is 72.8 Å². The van der Waals surface area contributed by atoms with E-state index in [0.717, 1.165) is 0 Å². The number of sulfonamides is 1. The fourth-order valence-corrected chi connectivity index (χ4v) is 14.5. The van der Waals surface area contributed by atoms with Gasteiger partial charge in [-0.15, -0.1) is 0 Å². The lowest BCUT2D eigenvalue weighted by Crippen LogP contribution is -2.59. The molecule has 5 heterocycles. The molecule has 91 heavy (non-hydrogen) atoms. The molecule has 0 aliphatic carbocycles. The number of carbonyl (C=O) groups excluding carboxylic acids is 4. The number of alkyl carbamates (subject to hydrolysis) is 1. The highest BCUT2D eigenvalue weighted by Gasteiger charge is 2.53. The van der Waals surface area contributed by atoms with Gasteiger partial charge in [-0.2, -0.15) is 0 Å². The van der Waals surface area contributed by atoms with Crippen LogP contribution >= 0.6 is 0 Å². The van der Waals surface area contributed by atoms with Gasteiger partial charge < -0.3 is 87.1 Å². The van der Waals surface area contributed by atoms with E-state index in [0.29, 0.717) is 29.6 Å². The molecule has 0 bridgehead atoms. The number of benzene rings is 1. The number of amides is 1. The summed E-state index contributed by atoms with van der Waals surface area (Å²) in [6, 6.07) is 4.96. The Morgan fingerprint density at radius 3 is 2.19 bits per heavy atom. The molecule has 4 fully saturated rings. The number of aliphatic hydroxyl groups excluding tert-OH is 2. The van der Waals surface area contributed by atoms with Crippen molar-refractivity contribution in [2.24, 2.45) is 46.6 Å². The predicted octanol–water partition coefficient (Wildman–Crippen LogP) is 6.25. The molecule has 4 aliphatic rings. The van der Waals surface area contributed by atoms with E-state index < -0.39 is 160 Å². The van der Waals surface area contributed by atoms with Crippen molar-refractivity contribution in [3.05, 3.63) is 24.4 Å². The van der Waals surface area contributed by atoms with E-state index in [-0.39, 0.29) is 61.1 Å². The van der Waals surface area contributed by atoms with Crippen LogP contribution in [-0.4, -0.2) is 216 Å². The van der Waals surface area contributed by atoms with Gasteiger partial charge in [0.15, 0.2) is 30.3 Å². The second-order valence-corrected chi connectivity index (χ2v) is 28.8. The number of likely N-dealkylation sites (N-methyl/N-ethyl adjacent to an activating group) is 1. The van der Waals surface area contributed by atoms with E-state index in [2.05, 4.69) is 25.1 Å². The van der Waals surface area contributed by atoms with Crippen LogP contribution in [0.15, 0.2) is 34.4 Å². The number of nitrogens with one attached hydrogen (secondary N) is 3. The number of methoxy groups -OCH3 is 3. The number of H-pyrrole nitrogens is 1. The molecule has 0 saturated carbocycles. The third-order valence-electron chi connectivity index (χ3n) is 18.2. The number of ether oxygens (including phenoxy) is 12. The summed E-state index contributed by atoms with van der Waals surface area (Å²) in [4.78, 5) is 70.9. The molecule has 2 aromatic rings. The maximum absolute atomic E-state index is 16.2. The number of para-hydroxylation sites is 1. The van der Waals surface area contributed by atoms with Crippen molar-refractivity contribution in [2.45, 2.75) is 238 Å². The number of hydrogen-bond acceptors (Lipinski definition) is 23. The van der Waals surface area contributed by atoms with Crippen LogP contribution < -0.4 is 14.8 Å². The fourth-order valence-electron chi connectivity index (χ4n) is 13.2. The Morgan fingerprint density at radius 2 is 1.55 bits per heavy atom. The summed E-state index contributed by atoms with van der Waals surface area (Å²) < 4.78 is 107. The number of esters is 2. The zero-order valence-corrected chi connectivity index (χ0v) is 57.7. The third-order valence-corrected chi connectivity index (χ3v) is 19.7. The normalized spacial score (nSPS) is 36.3. The molecule has 27 heteroatoms. The first kappa shape index (κ1) is 75.4. The van der Waals surface area contributed by atoms with Crippen LogP contribution in [0.25, 0.3) is 10.9 Å². The van der Waals surface area contributed by atoms with Crippen LogP contribution in [-0.2, 0) is 81.3 Å². The Morgan fingerprint density at radius 1 is 0.868 bits per heavy atom. The second-order valence-electron chi connectivity index (χ2n) is 27.0. The van der Waals surface area contributed by atoms with Gasteiger partial charge in [0.2, 0.25) is 10.0 Å². The number of oxime groups is 1. The molecule has 518 valence electrons. The minimum atomic E-state index is -4.22. The zero-order valence-electron chi connectivity index (χ0n) is 56.9. The summed E-state index contributed by atoms with van der Waals surface area (Å²) in [6.07, 6.45) is -13.6. The maximum atomic E-state index is 16.2. The van der Waals surface area contributed by atoms with E-state index >= 15 is 9.59 Å². The lowest BCUT2D eigenvalue weighted by atomic mass is 9.74. The van der Waals surface area contributed by atoms with Gasteiger partial charge in [0, 0.05) is 82.0 Å². The average Bonchev–Trinajstić information content (AvgIpc) is 1.79. The minimum Gasteiger partial charge on any atom is -0.495 e. The molecule has 6 rings (SSSR count). The number of aromatic nitrogens is 1. The van der Waals surface area contributed by atoms with Gasteiger partial charge in [0.1, 0.15) is 54.4 Å². The summed E-state index contributed by atoms with van der Waals surface area (Å²) in [5.74, 6) is -7.78. The van der Waals surface area contributed by atoms with Crippen molar-refractivity contribution in [1.29, 1.82) is 0 Å². The van der Waals surface area contributed by atoms with Crippen molar-refractivity contribution < 1.29 is 99.5 Å². The Labute approximate surface area is 537 Å². The second kappa shape index (κ2) is 32.2. The molecule has 0 radical (unpaired) electrons. The van der Waals surface area contributed by atoms with Crippen molar-refractivity contribution in [1.82, 2.24) is 19.9 Å². The number of rotatable bonds is 21. The fraction of sp³-hybridized carbons (Fsp3) is 0.797. The smallest absolute Gasteiger partial charge is 0.408 e. The van der Waals surface area contributed by atoms with Crippen molar-refractivity contribution in [2.75, 3.05) is 55.2 Å². The number of hydrogen-bond donors (Lipinski definition) is 5. The minimum absolute atomic E-state index is 0.0354. The third kappa shape index (κ3) is 18.7. The molecular formula is C64H105N5O21S. The number of cyclic esters (lactones) is 1. The number of Topliss-reactive ketones (excluding diaryl/α,β-unsaturated/α-hetero) is 1. The van der Waals surface area contributed by atoms with Crippen LogP contribution in [0.4, 0.5) is 4.79 Å². The average molecular weight is 1310 g/mol. The highest BCUT2D eigenvalue weighted by atomic mass is 32.2. The van der Waals surface area contributed by atoms with Crippen molar-refractivity contribution in [3.8, 4) is 5.75 Å². The largest absolute Gasteiger partial charge is 0.495 e.